The van der Waals surface area contributed by atoms with Gasteiger partial charge in [0.15, 0.2) is 0 Å². The summed E-state index contributed by atoms with van der Waals surface area (Å²) >= 11 is 1.04. The number of carboxylic acids is 1. The molecule has 44 heavy (non-hydrogen) atoms. The van der Waals surface area contributed by atoms with Gasteiger partial charge < -0.3 is 30.9 Å². The summed E-state index contributed by atoms with van der Waals surface area (Å²) < 4.78 is 6.22. The molecule has 0 aliphatic heterocycles. The number of rotatable bonds is 13. The standard InChI is InChI=1S/C32H47N3O8S/c1-7-30(4)14-21(31(5)17(2)8-10-32(18(3)28(30)40)11-9-20(36)27(31)32)43-22(37)16-44-15-19(29(41)42)35-24-23(25(38)26(24)39)34-13-12-33-6/h7,17-19,21,27-28,33-35,40H,1,8-16H2,2-6H3,(H,41,42)/t17-,18+,19?,21-,27+,28+,30-,31+,32+/m1/s1. The van der Waals surface area contributed by atoms with Crippen molar-refractivity contribution >= 4 is 40.9 Å². The number of carbonyl (C=O) groups is 3. The number of ether oxygens (including phenoxy) is 1. The maximum atomic E-state index is 13.6. The Labute approximate surface area is 262 Å². The lowest BCUT2D eigenvalue weighted by molar-refractivity contribution is -0.205. The number of carbonyl (C=O) groups excluding carboxylic acids is 2. The highest BCUT2D eigenvalue weighted by Crippen LogP contribution is 2.68. The number of hydrogen-bond donors (Lipinski definition) is 5. The normalized spacial score (nSPS) is 35.7. The van der Waals surface area contributed by atoms with E-state index < -0.39 is 51.9 Å². The van der Waals surface area contributed by atoms with Crippen LogP contribution in [0.5, 0.6) is 0 Å². The van der Waals surface area contributed by atoms with E-state index in [4.69, 9.17) is 4.74 Å². The van der Waals surface area contributed by atoms with E-state index in [-0.39, 0.29) is 51.8 Å². The molecule has 3 aliphatic carbocycles. The van der Waals surface area contributed by atoms with Crippen LogP contribution in [0, 0.1) is 34.0 Å². The molecular formula is C32H47N3O8S. The summed E-state index contributed by atoms with van der Waals surface area (Å²) in [6, 6.07) is -1.23. The van der Waals surface area contributed by atoms with Crippen molar-refractivity contribution in [2.24, 2.45) is 34.0 Å². The topological polar surface area (TPSA) is 171 Å². The van der Waals surface area contributed by atoms with Gasteiger partial charge in [0.2, 0.25) is 0 Å². The molecule has 3 fully saturated rings. The minimum atomic E-state index is -1.23. The predicted molar refractivity (Wildman–Crippen MR) is 171 cm³/mol. The number of Topliss-reactive ketones (excluding diaryl/α,β-unsaturated/α-hetero) is 1. The fraction of sp³-hybridized carbons (Fsp3) is 0.719. The number of aliphatic carboxylic acids is 1. The number of esters is 1. The summed E-state index contributed by atoms with van der Waals surface area (Å²) in [5, 5.41) is 29.8. The molecule has 1 aromatic carbocycles. The van der Waals surface area contributed by atoms with Crippen LogP contribution in [0.1, 0.15) is 59.8 Å². The first kappa shape index (κ1) is 34.2. The van der Waals surface area contributed by atoms with Crippen LogP contribution in [0.2, 0.25) is 0 Å². The molecule has 0 amide bonds. The maximum absolute atomic E-state index is 13.6. The van der Waals surface area contributed by atoms with Crippen LogP contribution in [-0.2, 0) is 19.1 Å². The largest absolute Gasteiger partial charge is 0.480 e. The van der Waals surface area contributed by atoms with Gasteiger partial charge in [-0.2, -0.15) is 0 Å². The van der Waals surface area contributed by atoms with E-state index in [1.165, 1.54) is 0 Å². The minimum Gasteiger partial charge on any atom is -0.480 e. The zero-order valence-corrected chi connectivity index (χ0v) is 27.2. The molecule has 1 aromatic rings. The van der Waals surface area contributed by atoms with Gasteiger partial charge in [0.1, 0.15) is 29.3 Å². The second-order valence-corrected chi connectivity index (χ2v) is 14.6. The van der Waals surface area contributed by atoms with E-state index in [1.807, 2.05) is 6.92 Å². The van der Waals surface area contributed by atoms with Crippen molar-refractivity contribution in [1.29, 1.82) is 0 Å². The summed E-state index contributed by atoms with van der Waals surface area (Å²) in [5.74, 6) is -2.20. The molecule has 0 heterocycles. The van der Waals surface area contributed by atoms with Gasteiger partial charge in [-0.05, 0) is 50.0 Å². The first-order valence-corrected chi connectivity index (χ1v) is 16.7. The number of ketones is 1. The molecule has 9 atom stereocenters. The zero-order valence-electron chi connectivity index (χ0n) is 26.4. The number of anilines is 2. The molecule has 1 unspecified atom stereocenters. The number of thioether (sulfide) groups is 1. The summed E-state index contributed by atoms with van der Waals surface area (Å²) in [6.45, 7) is 13.1. The highest BCUT2D eigenvalue weighted by atomic mass is 32.2. The van der Waals surface area contributed by atoms with Crippen molar-refractivity contribution in [2.75, 3.05) is 42.3 Å². The van der Waals surface area contributed by atoms with Gasteiger partial charge in [0, 0.05) is 42.0 Å². The molecule has 5 N–H and O–H groups in total. The Kier molecular flexibility index (Phi) is 10.1. The number of likely N-dealkylation sites (N-methyl/N-ethyl adjacent to an activating group) is 1. The van der Waals surface area contributed by atoms with E-state index in [9.17, 15) is 34.2 Å². The van der Waals surface area contributed by atoms with Gasteiger partial charge in [0.05, 0.1) is 11.9 Å². The third kappa shape index (κ3) is 5.73. The fourth-order valence-electron chi connectivity index (χ4n) is 8.31. The molecule has 2 bridgehead atoms. The molecular weight excluding hydrogens is 586 g/mol. The monoisotopic (exact) mass is 633 g/mol. The van der Waals surface area contributed by atoms with E-state index in [0.29, 0.717) is 32.4 Å². The second kappa shape index (κ2) is 13.0. The summed E-state index contributed by atoms with van der Waals surface area (Å²) in [6.07, 6.45) is 3.49. The van der Waals surface area contributed by atoms with Gasteiger partial charge >= 0.3 is 11.9 Å². The van der Waals surface area contributed by atoms with Gasteiger partial charge in [0.25, 0.3) is 10.9 Å². The Morgan fingerprint density at radius 3 is 2.45 bits per heavy atom. The van der Waals surface area contributed by atoms with E-state index >= 15 is 0 Å². The van der Waals surface area contributed by atoms with Gasteiger partial charge in [-0.1, -0.05) is 33.8 Å². The molecule has 244 valence electrons. The smallest absolute Gasteiger partial charge is 0.326 e. The average molecular weight is 634 g/mol. The van der Waals surface area contributed by atoms with Crippen LogP contribution in [0.15, 0.2) is 22.2 Å². The summed E-state index contributed by atoms with van der Waals surface area (Å²) in [4.78, 5) is 63.0. The van der Waals surface area contributed by atoms with Gasteiger partial charge in [-0.15, -0.1) is 18.3 Å². The lowest BCUT2D eigenvalue weighted by Gasteiger charge is -2.61. The highest BCUT2D eigenvalue weighted by molar-refractivity contribution is 8.00. The van der Waals surface area contributed by atoms with Gasteiger partial charge in [-0.25, -0.2) is 4.79 Å². The third-order valence-corrected chi connectivity index (χ3v) is 12.3. The molecule has 0 radical (unpaired) electrons. The molecule has 0 saturated heterocycles. The van der Waals surface area contributed by atoms with Crippen LogP contribution in [-0.4, -0.2) is 77.8 Å². The van der Waals surface area contributed by atoms with Crippen molar-refractivity contribution in [2.45, 2.75) is 78.0 Å². The van der Waals surface area contributed by atoms with Crippen LogP contribution < -0.4 is 26.8 Å². The Balaban J connectivity index is 1.50. The predicted octanol–water partition coefficient (Wildman–Crippen LogP) is 2.42. The third-order valence-electron chi connectivity index (χ3n) is 11.3. The maximum Gasteiger partial charge on any atom is 0.326 e. The minimum absolute atomic E-state index is 0.0550. The SMILES string of the molecule is C=C[C@]1(C)C[C@@H](OC(=O)CSCC(Nc2c(NCCNC)c(=O)c2=O)C(=O)O)[C@]2(C)[C@H](C)CC[C@]3(CCC(=O)[C@H]32)[C@@H](C)[C@@H]1O. The lowest BCUT2D eigenvalue weighted by atomic mass is 9.44. The number of aliphatic hydroxyl groups excluding tert-OH is 1. The van der Waals surface area contributed by atoms with Crippen molar-refractivity contribution < 1.29 is 29.3 Å². The molecule has 3 aliphatic rings. The zero-order chi connectivity index (χ0) is 32.6. The van der Waals surface area contributed by atoms with E-state index in [0.717, 1.165) is 24.6 Å². The van der Waals surface area contributed by atoms with Crippen molar-refractivity contribution in [3.05, 3.63) is 33.1 Å². The van der Waals surface area contributed by atoms with Crippen molar-refractivity contribution in [1.82, 2.24) is 5.32 Å². The van der Waals surface area contributed by atoms with Crippen molar-refractivity contribution in [3.8, 4) is 0 Å². The van der Waals surface area contributed by atoms with Gasteiger partial charge in [-0.3, -0.25) is 19.2 Å². The first-order chi connectivity index (χ1) is 20.7. The van der Waals surface area contributed by atoms with E-state index in [2.05, 4.69) is 43.3 Å². The highest BCUT2D eigenvalue weighted by Gasteiger charge is 2.68. The molecule has 0 spiro atoms. The number of nitrogens with one attached hydrogen (secondary N) is 3. The number of aliphatic hydroxyl groups is 1. The first-order valence-electron chi connectivity index (χ1n) is 15.5. The Morgan fingerprint density at radius 2 is 1.82 bits per heavy atom. The molecule has 12 heteroatoms. The lowest BCUT2D eigenvalue weighted by Crippen LogP contribution is -2.63. The van der Waals surface area contributed by atoms with Crippen molar-refractivity contribution in [3.63, 3.8) is 0 Å². The average Bonchev–Trinajstić information content (AvgIpc) is 3.35. The Morgan fingerprint density at radius 1 is 1.14 bits per heavy atom. The molecule has 11 nitrogen and oxygen atoms in total. The second-order valence-electron chi connectivity index (χ2n) is 13.6. The van der Waals surface area contributed by atoms with Crippen LogP contribution in [0.3, 0.4) is 0 Å². The van der Waals surface area contributed by atoms with E-state index in [1.54, 1.807) is 13.1 Å². The Bertz CT molecular complexity index is 1360. The number of hydrogen-bond acceptors (Lipinski definition) is 11. The molecule has 3 saturated carbocycles. The quantitative estimate of drug-likeness (QED) is 0.0932. The Hall–Kier alpha value is -2.70. The molecule has 4 rings (SSSR count). The van der Waals surface area contributed by atoms with Crippen LogP contribution in [0.25, 0.3) is 0 Å². The van der Waals surface area contributed by atoms with Crippen LogP contribution >= 0.6 is 11.8 Å². The fourth-order valence-corrected chi connectivity index (χ4v) is 9.13. The number of carboxylic acid groups (broad SMARTS) is 1. The van der Waals surface area contributed by atoms with Crippen LogP contribution in [0.4, 0.5) is 11.4 Å². The molecule has 0 aromatic heterocycles. The summed E-state index contributed by atoms with van der Waals surface area (Å²) in [7, 11) is 1.74. The summed E-state index contributed by atoms with van der Waals surface area (Å²) in [5.41, 5.74) is -3.28.